The Morgan fingerprint density at radius 2 is 1.69 bits per heavy atom. The number of aromatic nitrogens is 1. The predicted octanol–water partition coefficient (Wildman–Crippen LogP) is 2.76. The van der Waals surface area contributed by atoms with E-state index in [-0.39, 0.29) is 0 Å². The van der Waals surface area contributed by atoms with Gasteiger partial charge < -0.3 is 15.5 Å². The van der Waals surface area contributed by atoms with Crippen molar-refractivity contribution in [3.05, 3.63) is 51.0 Å². The first kappa shape index (κ1) is 21.7. The van der Waals surface area contributed by atoms with E-state index in [2.05, 4.69) is 75.4 Å². The average Bonchev–Trinajstić information content (AvgIpc) is 3.07. The molecule has 0 bridgehead atoms. The van der Waals surface area contributed by atoms with Crippen LogP contribution in [0.15, 0.2) is 29.3 Å². The van der Waals surface area contributed by atoms with E-state index in [1.807, 2.05) is 7.05 Å². The molecule has 1 aromatic carbocycles. The third-order valence-corrected chi connectivity index (χ3v) is 6.65. The van der Waals surface area contributed by atoms with Gasteiger partial charge in [0.1, 0.15) is 5.01 Å². The van der Waals surface area contributed by atoms with Crippen LogP contribution in [0, 0.1) is 13.8 Å². The highest BCUT2D eigenvalue weighted by atomic mass is 32.1. The first-order valence-corrected chi connectivity index (χ1v) is 11.3. The lowest BCUT2D eigenvalue weighted by atomic mass is 10.1. The summed E-state index contributed by atoms with van der Waals surface area (Å²) in [6.45, 7) is 14.7. The number of guanidine groups is 1. The van der Waals surface area contributed by atoms with Crippen LogP contribution in [0.1, 0.15) is 33.6 Å². The Labute approximate surface area is 179 Å². The number of piperazine rings is 1. The van der Waals surface area contributed by atoms with Crippen molar-refractivity contribution >= 4 is 17.3 Å². The summed E-state index contributed by atoms with van der Waals surface area (Å²) < 4.78 is 0. The molecule has 0 atom stereocenters. The highest BCUT2D eigenvalue weighted by Crippen LogP contribution is 2.16. The molecule has 0 radical (unpaired) electrons. The number of rotatable bonds is 7. The molecule has 1 fully saturated rings. The third kappa shape index (κ3) is 6.26. The second kappa shape index (κ2) is 10.7. The van der Waals surface area contributed by atoms with Crippen LogP contribution in [-0.2, 0) is 19.6 Å². The second-order valence-corrected chi connectivity index (χ2v) is 8.80. The minimum atomic E-state index is 0.697. The molecule has 158 valence electrons. The molecule has 29 heavy (non-hydrogen) atoms. The Morgan fingerprint density at radius 1 is 1.03 bits per heavy atom. The fourth-order valence-corrected chi connectivity index (χ4v) is 4.44. The fourth-order valence-electron chi connectivity index (χ4n) is 3.56. The summed E-state index contributed by atoms with van der Waals surface area (Å²) >= 11 is 1.74. The van der Waals surface area contributed by atoms with Gasteiger partial charge in [0.15, 0.2) is 5.96 Å². The van der Waals surface area contributed by atoms with Gasteiger partial charge in [-0.3, -0.25) is 9.89 Å². The van der Waals surface area contributed by atoms with Crippen molar-refractivity contribution < 1.29 is 0 Å². The summed E-state index contributed by atoms with van der Waals surface area (Å²) in [7, 11) is 1.81. The predicted molar refractivity (Wildman–Crippen MR) is 122 cm³/mol. The molecule has 0 amide bonds. The molecule has 0 saturated carbocycles. The number of aliphatic imine (C=N–C) groups is 1. The Balaban J connectivity index is 1.53. The highest BCUT2D eigenvalue weighted by Gasteiger charge is 2.16. The molecule has 2 heterocycles. The van der Waals surface area contributed by atoms with Gasteiger partial charge in [-0.05, 0) is 31.5 Å². The van der Waals surface area contributed by atoms with E-state index in [0.717, 1.165) is 49.4 Å². The fraction of sp³-hybridized carbons (Fsp3) is 0.545. The van der Waals surface area contributed by atoms with Gasteiger partial charge in [-0.2, -0.15) is 0 Å². The zero-order chi connectivity index (χ0) is 20.6. The van der Waals surface area contributed by atoms with Gasteiger partial charge >= 0.3 is 0 Å². The SMILES string of the molecule is CCN1CCN(Cc2ccccc2CNC(=NC)NCc2nc(C)c(C)s2)CC1. The summed E-state index contributed by atoms with van der Waals surface area (Å²) in [6, 6.07) is 8.72. The lowest BCUT2D eigenvalue weighted by Crippen LogP contribution is -2.45. The second-order valence-electron chi connectivity index (χ2n) is 7.51. The molecule has 2 N–H and O–H groups in total. The minimum absolute atomic E-state index is 0.697. The molecule has 0 spiro atoms. The van der Waals surface area contributed by atoms with Gasteiger partial charge in [-0.15, -0.1) is 11.3 Å². The van der Waals surface area contributed by atoms with Gasteiger partial charge in [0.2, 0.25) is 0 Å². The quantitative estimate of drug-likeness (QED) is 0.539. The maximum atomic E-state index is 4.59. The van der Waals surface area contributed by atoms with Gasteiger partial charge in [-0.1, -0.05) is 31.2 Å². The van der Waals surface area contributed by atoms with Crippen LogP contribution < -0.4 is 10.6 Å². The number of aryl methyl sites for hydroxylation is 2. The van der Waals surface area contributed by atoms with Gasteiger partial charge in [0.05, 0.1) is 12.2 Å². The molecule has 6 nitrogen and oxygen atoms in total. The molecule has 7 heteroatoms. The summed E-state index contributed by atoms with van der Waals surface area (Å²) in [5.74, 6) is 0.807. The summed E-state index contributed by atoms with van der Waals surface area (Å²) in [5.41, 5.74) is 3.84. The van der Waals surface area contributed by atoms with Crippen molar-refractivity contribution in [3.63, 3.8) is 0 Å². The van der Waals surface area contributed by atoms with Crippen molar-refractivity contribution in [2.24, 2.45) is 4.99 Å². The van der Waals surface area contributed by atoms with Crippen molar-refractivity contribution in [2.45, 2.75) is 40.4 Å². The molecule has 0 unspecified atom stereocenters. The monoisotopic (exact) mass is 414 g/mol. The molecule has 0 aliphatic carbocycles. The lowest BCUT2D eigenvalue weighted by molar-refractivity contribution is 0.131. The van der Waals surface area contributed by atoms with E-state index >= 15 is 0 Å². The number of likely N-dealkylation sites (N-methyl/N-ethyl adjacent to an activating group) is 1. The lowest BCUT2D eigenvalue weighted by Gasteiger charge is -2.34. The maximum absolute atomic E-state index is 4.59. The van der Waals surface area contributed by atoms with E-state index in [0.29, 0.717) is 6.54 Å². The summed E-state index contributed by atoms with van der Waals surface area (Å²) in [4.78, 5) is 15.3. The van der Waals surface area contributed by atoms with E-state index in [1.54, 1.807) is 11.3 Å². The van der Waals surface area contributed by atoms with Gasteiger partial charge in [0.25, 0.3) is 0 Å². The first-order chi connectivity index (χ1) is 14.1. The number of benzene rings is 1. The Bertz CT molecular complexity index is 788. The van der Waals surface area contributed by atoms with Crippen molar-refractivity contribution in [1.29, 1.82) is 0 Å². The minimum Gasteiger partial charge on any atom is -0.352 e. The zero-order valence-electron chi connectivity index (χ0n) is 18.2. The van der Waals surface area contributed by atoms with E-state index in [1.165, 1.54) is 29.1 Å². The van der Waals surface area contributed by atoms with Crippen LogP contribution in [0.4, 0.5) is 0 Å². The number of nitrogens with one attached hydrogen (secondary N) is 2. The first-order valence-electron chi connectivity index (χ1n) is 10.5. The van der Waals surface area contributed by atoms with Crippen LogP contribution in [0.2, 0.25) is 0 Å². The number of nitrogens with zero attached hydrogens (tertiary/aromatic N) is 4. The number of hydrogen-bond acceptors (Lipinski definition) is 5. The molecular weight excluding hydrogens is 380 g/mol. The Kier molecular flexibility index (Phi) is 8.03. The smallest absolute Gasteiger partial charge is 0.191 e. The summed E-state index contributed by atoms with van der Waals surface area (Å²) in [6.07, 6.45) is 0. The van der Waals surface area contributed by atoms with E-state index in [9.17, 15) is 0 Å². The van der Waals surface area contributed by atoms with Gasteiger partial charge in [-0.25, -0.2) is 4.98 Å². The Morgan fingerprint density at radius 3 is 2.31 bits per heavy atom. The van der Waals surface area contributed by atoms with Crippen LogP contribution in [-0.4, -0.2) is 60.5 Å². The van der Waals surface area contributed by atoms with Crippen molar-refractivity contribution in [3.8, 4) is 0 Å². The van der Waals surface area contributed by atoms with Crippen molar-refractivity contribution in [2.75, 3.05) is 39.8 Å². The molecular formula is C22H34N6S. The largest absolute Gasteiger partial charge is 0.352 e. The number of thiazole rings is 1. The maximum Gasteiger partial charge on any atom is 0.191 e. The van der Waals surface area contributed by atoms with Crippen LogP contribution in [0.5, 0.6) is 0 Å². The van der Waals surface area contributed by atoms with Gasteiger partial charge in [0, 0.05) is 51.2 Å². The van der Waals surface area contributed by atoms with Crippen molar-refractivity contribution in [1.82, 2.24) is 25.4 Å². The van der Waals surface area contributed by atoms with E-state index in [4.69, 9.17) is 0 Å². The zero-order valence-corrected chi connectivity index (χ0v) is 19.0. The topological polar surface area (TPSA) is 55.8 Å². The standard InChI is InChI=1S/C22H34N6S/c1-5-27-10-12-28(13-11-27)16-20-9-7-6-8-19(20)14-24-22(23-4)25-15-21-26-17(2)18(3)29-21/h6-9H,5,10-16H2,1-4H3,(H2,23,24,25). The molecule has 1 aromatic heterocycles. The Hall–Kier alpha value is -1.96. The third-order valence-electron chi connectivity index (χ3n) is 5.57. The van der Waals surface area contributed by atoms with Crippen LogP contribution in [0.3, 0.4) is 0 Å². The molecule has 3 rings (SSSR count). The summed E-state index contributed by atoms with van der Waals surface area (Å²) in [5, 5.41) is 7.93. The van der Waals surface area contributed by atoms with Crippen LogP contribution >= 0.6 is 11.3 Å². The molecule has 2 aromatic rings. The average molecular weight is 415 g/mol. The van der Waals surface area contributed by atoms with E-state index < -0.39 is 0 Å². The number of hydrogen-bond donors (Lipinski definition) is 2. The molecule has 1 aliphatic rings. The normalized spacial score (nSPS) is 16.2. The highest BCUT2D eigenvalue weighted by molar-refractivity contribution is 7.11. The van der Waals surface area contributed by atoms with Crippen LogP contribution in [0.25, 0.3) is 0 Å². The molecule has 1 aliphatic heterocycles. The molecule has 1 saturated heterocycles.